The van der Waals surface area contributed by atoms with Crippen molar-refractivity contribution in [3.63, 3.8) is 0 Å². The van der Waals surface area contributed by atoms with Crippen LogP contribution in [-0.4, -0.2) is 12.6 Å². The summed E-state index contributed by atoms with van der Waals surface area (Å²) in [6.07, 6.45) is 5.36. The zero-order valence-electron chi connectivity index (χ0n) is 8.06. The minimum Gasteiger partial charge on any atom is -0.136 e. The molecular formula is C8H21BP2. The van der Waals surface area contributed by atoms with Crippen LogP contribution in [0.2, 0.25) is 0 Å². The van der Waals surface area contributed by atoms with E-state index in [1.54, 1.807) is 0 Å². The molecule has 0 aliphatic heterocycles. The third-order valence-electron chi connectivity index (χ3n) is 1.96. The van der Waals surface area contributed by atoms with Gasteiger partial charge in [0.05, 0.1) is 0 Å². The molecule has 11 heavy (non-hydrogen) atoms. The Kier molecular flexibility index (Phi) is 6.02. The third kappa shape index (κ3) is 8.83. The lowest BCUT2D eigenvalue weighted by Gasteiger charge is -2.20. The first-order chi connectivity index (χ1) is 4.95. The molecule has 0 spiro atoms. The van der Waals surface area contributed by atoms with Gasteiger partial charge in [-0.2, -0.15) is 0 Å². The fourth-order valence-electron chi connectivity index (χ4n) is 1.19. The van der Waals surface area contributed by atoms with E-state index < -0.39 is 0 Å². The van der Waals surface area contributed by atoms with Crippen LogP contribution < -0.4 is 0 Å². The Labute approximate surface area is 77.1 Å². The molecule has 0 nitrogen and oxygen atoms in total. The van der Waals surface area contributed by atoms with E-state index in [2.05, 4.69) is 40.2 Å². The molecule has 0 rings (SSSR count). The molecule has 0 aliphatic rings. The summed E-state index contributed by atoms with van der Waals surface area (Å²) in [5, 5.41) is 0. The summed E-state index contributed by atoms with van der Waals surface area (Å²) < 4.78 is 0. The van der Waals surface area contributed by atoms with E-state index in [0.717, 1.165) is 5.92 Å². The highest BCUT2D eigenvalue weighted by Gasteiger charge is 2.12. The Hall–Kier alpha value is 0.925. The lowest BCUT2D eigenvalue weighted by Crippen LogP contribution is -2.11. The normalized spacial score (nSPS) is 14.9. The Balaban J connectivity index is 3.38. The molecule has 0 heterocycles. The largest absolute Gasteiger partial charge is 0.136 e. The second-order valence-corrected chi connectivity index (χ2v) is 7.24. The second-order valence-electron chi connectivity index (χ2n) is 3.94. The Morgan fingerprint density at radius 3 is 2.27 bits per heavy atom. The van der Waals surface area contributed by atoms with Crippen molar-refractivity contribution in [2.24, 2.45) is 5.92 Å². The van der Waals surface area contributed by atoms with Gasteiger partial charge >= 0.3 is 0 Å². The van der Waals surface area contributed by atoms with Gasteiger partial charge in [0.1, 0.15) is 7.85 Å². The minimum atomic E-state index is 0.363. The number of rotatable bonds is 5. The maximum Gasteiger partial charge on any atom is 0.119 e. The molecule has 0 radical (unpaired) electrons. The van der Waals surface area contributed by atoms with E-state index in [1.165, 1.54) is 25.7 Å². The average Bonchev–Trinajstić information content (AvgIpc) is 1.83. The van der Waals surface area contributed by atoms with Gasteiger partial charge in [0.25, 0.3) is 0 Å². The highest BCUT2D eigenvalue weighted by molar-refractivity contribution is 7.44. The Morgan fingerprint density at radius 2 is 1.91 bits per heavy atom. The van der Waals surface area contributed by atoms with E-state index in [1.807, 2.05) is 0 Å². The molecule has 0 aromatic carbocycles. The number of hydrogen-bond donors (Lipinski definition) is 0. The van der Waals surface area contributed by atoms with E-state index in [4.69, 9.17) is 0 Å². The van der Waals surface area contributed by atoms with E-state index >= 15 is 0 Å². The first-order valence-electron chi connectivity index (χ1n) is 4.53. The van der Waals surface area contributed by atoms with Crippen LogP contribution in [0.5, 0.6) is 0 Å². The van der Waals surface area contributed by atoms with Crippen molar-refractivity contribution in [3.05, 3.63) is 0 Å². The van der Waals surface area contributed by atoms with Crippen LogP contribution in [0.25, 0.3) is 0 Å². The zero-order valence-corrected chi connectivity index (χ0v) is 10.4. The first kappa shape index (κ1) is 11.9. The van der Waals surface area contributed by atoms with E-state index in [9.17, 15) is 0 Å². The molecule has 66 valence electrons. The molecule has 0 N–H and O–H groups in total. The fourth-order valence-corrected chi connectivity index (χ4v) is 1.53. The minimum absolute atomic E-state index is 0.363. The Bertz CT molecular complexity index is 98.8. The van der Waals surface area contributed by atoms with Crippen LogP contribution in [0.1, 0.15) is 39.5 Å². The maximum atomic E-state index is 2.88. The summed E-state index contributed by atoms with van der Waals surface area (Å²) in [4.78, 5) is 0.363. The van der Waals surface area contributed by atoms with E-state index in [-0.39, 0.29) is 0 Å². The van der Waals surface area contributed by atoms with Crippen molar-refractivity contribution in [2.75, 3.05) is 0 Å². The second kappa shape index (κ2) is 5.55. The fraction of sp³-hybridized carbons (Fsp3) is 1.00. The summed E-state index contributed by atoms with van der Waals surface area (Å²) in [6.45, 7) is 4.61. The molecule has 0 fully saturated rings. The predicted molar refractivity (Wildman–Crippen MR) is 64.0 cm³/mol. The van der Waals surface area contributed by atoms with Crippen LogP contribution in [-0.2, 0) is 0 Å². The predicted octanol–water partition coefficient (Wildman–Crippen LogP) is 2.24. The van der Waals surface area contributed by atoms with Crippen molar-refractivity contribution in [1.82, 2.24) is 0 Å². The van der Waals surface area contributed by atoms with Crippen molar-refractivity contribution in [2.45, 2.75) is 44.3 Å². The van der Waals surface area contributed by atoms with Gasteiger partial charge in [-0.3, -0.25) is 0 Å². The molecule has 3 unspecified atom stereocenters. The lowest BCUT2D eigenvalue weighted by atomic mass is 9.92. The monoisotopic (exact) mass is 190 g/mol. The molecule has 3 atom stereocenters. The van der Waals surface area contributed by atoms with Crippen molar-refractivity contribution in [3.8, 4) is 0 Å². The maximum absolute atomic E-state index is 2.88. The first-order valence-corrected chi connectivity index (χ1v) is 5.69. The quantitative estimate of drug-likeness (QED) is 0.460. The van der Waals surface area contributed by atoms with Gasteiger partial charge in [-0.1, -0.05) is 33.1 Å². The summed E-state index contributed by atoms with van der Waals surface area (Å²) in [7, 11) is 8.01. The van der Waals surface area contributed by atoms with Crippen LogP contribution in [0.15, 0.2) is 0 Å². The van der Waals surface area contributed by atoms with Gasteiger partial charge in [0.2, 0.25) is 0 Å². The van der Waals surface area contributed by atoms with Crippen LogP contribution in [0, 0.1) is 5.92 Å². The van der Waals surface area contributed by atoms with Gasteiger partial charge < -0.3 is 0 Å². The topological polar surface area (TPSA) is 0 Å². The molecule has 0 aromatic heterocycles. The van der Waals surface area contributed by atoms with Gasteiger partial charge in [-0.15, -0.1) is 18.5 Å². The van der Waals surface area contributed by atoms with Crippen LogP contribution in [0.3, 0.4) is 0 Å². The highest BCUT2D eigenvalue weighted by Crippen LogP contribution is 2.30. The third-order valence-corrected chi connectivity index (χ3v) is 2.53. The highest BCUT2D eigenvalue weighted by atomic mass is 31.1. The number of hydrogen-bond acceptors (Lipinski definition) is 0. The van der Waals surface area contributed by atoms with Crippen molar-refractivity contribution in [1.29, 1.82) is 0 Å². The average molecular weight is 190 g/mol. The summed E-state index contributed by atoms with van der Waals surface area (Å²) in [6, 6.07) is 0. The van der Waals surface area contributed by atoms with Crippen molar-refractivity contribution >= 4 is 26.3 Å². The summed E-state index contributed by atoms with van der Waals surface area (Å²) in [5.41, 5.74) is 0. The SMILES string of the molecule is BC(P)(P)CCC(C)CCC. The van der Waals surface area contributed by atoms with Crippen LogP contribution in [0.4, 0.5) is 0 Å². The van der Waals surface area contributed by atoms with E-state index in [0.29, 0.717) is 4.80 Å². The van der Waals surface area contributed by atoms with Gasteiger partial charge in [0, 0.05) is 0 Å². The lowest BCUT2D eigenvalue weighted by molar-refractivity contribution is 0.474. The summed E-state index contributed by atoms with van der Waals surface area (Å²) in [5.74, 6) is 0.903. The van der Waals surface area contributed by atoms with Gasteiger partial charge in [-0.25, -0.2) is 0 Å². The van der Waals surface area contributed by atoms with Crippen molar-refractivity contribution < 1.29 is 0 Å². The molecule has 0 amide bonds. The summed E-state index contributed by atoms with van der Waals surface area (Å²) >= 11 is 0. The molecule has 0 saturated heterocycles. The smallest absolute Gasteiger partial charge is 0.119 e. The zero-order chi connectivity index (χ0) is 8.91. The molecule has 3 heteroatoms. The standard InChI is InChI=1S/C8H21BP2/c1-3-4-7(2)5-6-8(9,10)11/h7H,3-6,9-11H2,1-2H3. The van der Waals surface area contributed by atoms with Crippen LogP contribution >= 0.6 is 18.5 Å². The molecular weight excluding hydrogens is 169 g/mol. The van der Waals surface area contributed by atoms with Gasteiger partial charge in [0.15, 0.2) is 0 Å². The van der Waals surface area contributed by atoms with Gasteiger partial charge in [-0.05, 0) is 17.1 Å². The molecule has 0 aromatic rings. The Morgan fingerprint density at radius 1 is 1.36 bits per heavy atom. The molecule has 0 aliphatic carbocycles. The molecule has 0 saturated carbocycles. The molecule has 0 bridgehead atoms.